The van der Waals surface area contributed by atoms with Crippen LogP contribution < -0.4 is 10.4 Å². The molecule has 0 N–H and O–H groups in total. The van der Waals surface area contributed by atoms with Crippen molar-refractivity contribution in [1.82, 2.24) is 19.1 Å². The molecule has 304 valence electrons. The average molecular weight is 837 g/mol. The van der Waals surface area contributed by atoms with Gasteiger partial charge in [0.2, 0.25) is 0 Å². The minimum absolute atomic E-state index is 0.986. The van der Waals surface area contributed by atoms with E-state index in [1.165, 1.54) is 110 Å². The molecule has 0 bridgehead atoms. The highest BCUT2D eigenvalue weighted by Gasteiger charge is 2.34. The van der Waals surface area contributed by atoms with E-state index in [1.807, 2.05) is 18.6 Å². The molecule has 0 spiro atoms. The summed E-state index contributed by atoms with van der Waals surface area (Å²) in [5.74, 6) is 0. The van der Waals surface area contributed by atoms with Crippen molar-refractivity contribution in [2.45, 2.75) is 77.8 Å². The van der Waals surface area contributed by atoms with Gasteiger partial charge in [0.05, 0.1) is 56.5 Å². The molecule has 6 heteroatoms. The molecule has 0 fully saturated rings. The Hall–Kier alpha value is -6.09. The van der Waals surface area contributed by atoms with Crippen molar-refractivity contribution in [3.8, 4) is 33.6 Å². The van der Waals surface area contributed by atoms with E-state index in [9.17, 15) is 0 Å². The van der Waals surface area contributed by atoms with E-state index in [0.717, 1.165) is 49.9 Å². The third-order valence-corrected chi connectivity index (χ3v) is 18.4. The van der Waals surface area contributed by atoms with E-state index < -0.39 is 16.1 Å². The first-order valence-corrected chi connectivity index (χ1v) is 29.6. The van der Waals surface area contributed by atoms with Crippen molar-refractivity contribution in [2.75, 3.05) is 0 Å². The Kier molecular flexibility index (Phi) is 8.33. The molecule has 0 atom stereocenters. The van der Waals surface area contributed by atoms with Crippen LogP contribution in [0, 0.1) is 0 Å². The minimum Gasteiger partial charge on any atom is -0.311 e. The van der Waals surface area contributed by atoms with E-state index in [0.29, 0.717) is 0 Å². The lowest BCUT2D eigenvalue weighted by Gasteiger charge is -2.31. The van der Waals surface area contributed by atoms with Crippen LogP contribution in [0.25, 0.3) is 78.0 Å². The normalized spacial score (nSPS) is 14.6. The van der Waals surface area contributed by atoms with Crippen LogP contribution in [0.5, 0.6) is 0 Å². The maximum absolute atomic E-state index is 4.68. The van der Waals surface area contributed by atoms with Crippen LogP contribution in [0.3, 0.4) is 0 Å². The summed E-state index contributed by atoms with van der Waals surface area (Å²) in [5, 5.41) is 7.10. The molecule has 0 saturated carbocycles. The first kappa shape index (κ1) is 37.7. The van der Waals surface area contributed by atoms with Crippen molar-refractivity contribution < 1.29 is 0 Å². The molecule has 0 radical (unpaired) electrons. The Bertz CT molecular complexity index is 3360. The summed E-state index contributed by atoms with van der Waals surface area (Å²) in [6.07, 6.45) is 16.6. The zero-order valence-corrected chi connectivity index (χ0v) is 38.7. The lowest BCUT2D eigenvalue weighted by atomic mass is 9.73. The summed E-state index contributed by atoms with van der Waals surface area (Å²) in [6, 6.07) is 39.8. The van der Waals surface area contributed by atoms with Gasteiger partial charge in [-0.3, -0.25) is 9.97 Å². The predicted octanol–water partition coefficient (Wildman–Crippen LogP) is 12.6. The van der Waals surface area contributed by atoms with Gasteiger partial charge in [0, 0.05) is 39.8 Å². The Balaban J connectivity index is 1.11. The third kappa shape index (κ3) is 5.76. The number of hydrogen-bond acceptors (Lipinski definition) is 2. The van der Waals surface area contributed by atoms with E-state index in [-0.39, 0.29) is 0 Å². The fraction of sp³-hybridized carbons (Fsp3) is 0.214. The molecular weight excluding hydrogens is 785 g/mol. The second kappa shape index (κ2) is 13.7. The lowest BCUT2D eigenvalue weighted by Crippen LogP contribution is -2.37. The second-order valence-electron chi connectivity index (χ2n) is 20.1. The van der Waals surface area contributed by atoms with Crippen LogP contribution in [0.4, 0.5) is 0 Å². The maximum Gasteiger partial charge on any atom is 0.0776 e. The number of fused-ring (bicyclic) bond motifs is 8. The monoisotopic (exact) mass is 836 g/mol. The van der Waals surface area contributed by atoms with Crippen molar-refractivity contribution in [1.29, 1.82) is 0 Å². The number of allylic oxidation sites excluding steroid dienone is 1. The van der Waals surface area contributed by atoms with Gasteiger partial charge in [-0.25, -0.2) is 0 Å². The fourth-order valence-electron chi connectivity index (χ4n) is 11.2. The van der Waals surface area contributed by atoms with E-state index in [1.54, 1.807) is 0 Å². The van der Waals surface area contributed by atoms with Gasteiger partial charge < -0.3 is 9.13 Å². The quantitative estimate of drug-likeness (QED) is 0.156. The molecule has 4 heterocycles. The molecule has 0 aliphatic heterocycles. The van der Waals surface area contributed by atoms with E-state index >= 15 is 0 Å². The predicted molar refractivity (Wildman–Crippen MR) is 267 cm³/mol. The maximum atomic E-state index is 4.68. The molecule has 62 heavy (non-hydrogen) atoms. The lowest BCUT2D eigenvalue weighted by molar-refractivity contribution is 0.869. The molecule has 3 aliphatic rings. The van der Waals surface area contributed by atoms with Gasteiger partial charge in [-0.1, -0.05) is 104 Å². The van der Waals surface area contributed by atoms with Crippen LogP contribution in [0.1, 0.15) is 45.5 Å². The number of hydrogen-bond donors (Lipinski definition) is 0. The zero-order chi connectivity index (χ0) is 42.1. The Labute approximate surface area is 366 Å². The number of aryl methyl sites for hydroxylation is 4. The first-order valence-electron chi connectivity index (χ1n) is 22.6. The molecule has 0 amide bonds. The fourth-order valence-corrected chi connectivity index (χ4v) is 13.6. The number of benzene rings is 5. The van der Waals surface area contributed by atoms with Crippen LogP contribution in [-0.2, 0) is 32.1 Å². The standard InChI is InChI=1S/C56H52N4Si2/c1-61(2,3)43-15-7-11-35(27-43)37-19-23-51-47(29-37)49-31-39-17-18-40-32-50-48-30-38(36-12-8-16-44(28-36)62(4,5)6)20-24-52(48)60(42-14-10-26-58-34-42)56(50)46-22-21-45(53(39)54(40)46)55(49)59(51)41-13-9-25-57-33-41/h7-16,19,23,25-34H,17-18,20-22,24H2,1-6H3. The molecule has 5 aromatic carbocycles. The summed E-state index contributed by atoms with van der Waals surface area (Å²) >= 11 is 0. The molecule has 4 aromatic heterocycles. The van der Waals surface area contributed by atoms with Gasteiger partial charge in [-0.2, -0.15) is 0 Å². The summed E-state index contributed by atoms with van der Waals surface area (Å²) in [4.78, 5) is 9.34. The van der Waals surface area contributed by atoms with Crippen LogP contribution in [-0.4, -0.2) is 35.2 Å². The van der Waals surface area contributed by atoms with Crippen molar-refractivity contribution in [3.63, 3.8) is 0 Å². The molecule has 0 saturated heterocycles. The third-order valence-electron chi connectivity index (χ3n) is 14.3. The van der Waals surface area contributed by atoms with Crippen molar-refractivity contribution >= 4 is 70.9 Å². The highest BCUT2D eigenvalue weighted by molar-refractivity contribution is 6.89. The Morgan fingerprint density at radius 3 is 1.69 bits per heavy atom. The number of nitrogens with zero attached hydrogens (tertiary/aromatic N) is 4. The largest absolute Gasteiger partial charge is 0.311 e. The molecule has 4 nitrogen and oxygen atoms in total. The van der Waals surface area contributed by atoms with Gasteiger partial charge >= 0.3 is 0 Å². The van der Waals surface area contributed by atoms with E-state index in [2.05, 4.69) is 174 Å². The summed E-state index contributed by atoms with van der Waals surface area (Å²) in [5.41, 5.74) is 23.4. The summed E-state index contributed by atoms with van der Waals surface area (Å²) < 4.78 is 5.12. The zero-order valence-electron chi connectivity index (χ0n) is 36.7. The smallest absolute Gasteiger partial charge is 0.0776 e. The molecule has 0 unspecified atom stereocenters. The highest BCUT2D eigenvalue weighted by atomic mass is 28.3. The second-order valence-corrected chi connectivity index (χ2v) is 30.2. The number of pyridine rings is 2. The molecular formula is C56H52N4Si2. The molecule has 12 rings (SSSR count). The van der Waals surface area contributed by atoms with Crippen molar-refractivity contribution in [3.05, 3.63) is 167 Å². The number of rotatable bonds is 6. The first-order chi connectivity index (χ1) is 30.0. The van der Waals surface area contributed by atoms with Gasteiger partial charge in [-0.05, 0) is 149 Å². The van der Waals surface area contributed by atoms with Gasteiger partial charge in [0.25, 0.3) is 0 Å². The SMILES string of the molecule is C[Si](C)(C)c1cccc(C2=Cc3c(n(-c4cccnc4)c4c5c6c(cc34)CCc3cc4c7cc(-c8cccc([Si](C)(C)C)c8)ccc7n(-c7cccnc7)c4c(c3-6)CC5)CC2)c1. The van der Waals surface area contributed by atoms with Gasteiger partial charge in [-0.15, -0.1) is 0 Å². The van der Waals surface area contributed by atoms with Gasteiger partial charge in [0.1, 0.15) is 0 Å². The Morgan fingerprint density at radius 2 is 1.06 bits per heavy atom. The molecule has 3 aliphatic carbocycles. The van der Waals surface area contributed by atoms with Crippen molar-refractivity contribution in [2.24, 2.45) is 0 Å². The topological polar surface area (TPSA) is 35.6 Å². The molecule has 9 aromatic rings. The number of aromatic nitrogens is 4. The van der Waals surface area contributed by atoms with Gasteiger partial charge in [0.15, 0.2) is 0 Å². The van der Waals surface area contributed by atoms with E-state index in [4.69, 9.17) is 0 Å². The summed E-state index contributed by atoms with van der Waals surface area (Å²) in [7, 11) is -2.93. The highest BCUT2D eigenvalue weighted by Crippen LogP contribution is 2.52. The summed E-state index contributed by atoms with van der Waals surface area (Å²) in [6.45, 7) is 14.7. The minimum atomic E-state index is -1.47. The average Bonchev–Trinajstić information content (AvgIpc) is 3.80. The Morgan fingerprint density at radius 1 is 0.484 bits per heavy atom. The van der Waals surface area contributed by atoms with Crippen LogP contribution >= 0.6 is 0 Å². The van der Waals surface area contributed by atoms with Crippen LogP contribution in [0.15, 0.2) is 128 Å². The van der Waals surface area contributed by atoms with Crippen LogP contribution in [0.2, 0.25) is 39.3 Å².